The number of nitrogens with zero attached hydrogens (tertiary/aromatic N) is 3. The number of nitrogens with one attached hydrogen (secondary N) is 3. The SMILES string of the molecule is CS(=N)(=O)[C@H]1C[C@H](Nc2nonc2/C(=N\O)N[C@@H]2Cc3ccc(F)cc32)C1. The first-order valence-electron chi connectivity index (χ1n) is 8.44. The molecule has 1 unspecified atom stereocenters. The predicted octanol–water partition coefficient (Wildman–Crippen LogP) is 1.85. The van der Waals surface area contributed by atoms with Gasteiger partial charge in [-0.25, -0.2) is 13.2 Å². The normalized spacial score (nSPS) is 26.3. The van der Waals surface area contributed by atoms with E-state index in [1.807, 2.05) is 0 Å². The zero-order valence-electron chi connectivity index (χ0n) is 14.5. The number of anilines is 1. The van der Waals surface area contributed by atoms with E-state index in [-0.39, 0.29) is 34.7 Å². The molecule has 2 aliphatic rings. The number of halogens is 1. The van der Waals surface area contributed by atoms with E-state index in [1.165, 1.54) is 18.4 Å². The fourth-order valence-corrected chi connectivity index (χ4v) is 4.60. The quantitative estimate of drug-likeness (QED) is 0.263. The Bertz CT molecular complexity index is 999. The van der Waals surface area contributed by atoms with Crippen LogP contribution in [0.5, 0.6) is 0 Å². The van der Waals surface area contributed by atoms with Crippen LogP contribution in [0.2, 0.25) is 0 Å². The maximum Gasteiger partial charge on any atom is 0.202 e. The van der Waals surface area contributed by atoms with Crippen LogP contribution in [0.1, 0.15) is 35.7 Å². The van der Waals surface area contributed by atoms with Crippen LogP contribution in [0.4, 0.5) is 10.2 Å². The van der Waals surface area contributed by atoms with Crippen molar-refractivity contribution in [3.63, 3.8) is 0 Å². The molecule has 2 aliphatic carbocycles. The van der Waals surface area contributed by atoms with Crippen LogP contribution in [0, 0.1) is 10.6 Å². The van der Waals surface area contributed by atoms with Gasteiger partial charge in [-0.3, -0.25) is 4.78 Å². The molecule has 1 aromatic heterocycles. The number of amidine groups is 1. The smallest absolute Gasteiger partial charge is 0.202 e. The number of fused-ring (bicyclic) bond motifs is 1. The van der Waals surface area contributed by atoms with E-state index in [0.29, 0.717) is 25.1 Å². The van der Waals surface area contributed by atoms with Gasteiger partial charge in [-0.15, -0.1) is 0 Å². The van der Waals surface area contributed by atoms with Gasteiger partial charge in [0.05, 0.1) is 6.04 Å². The van der Waals surface area contributed by atoms with Gasteiger partial charge in [0.25, 0.3) is 0 Å². The van der Waals surface area contributed by atoms with E-state index >= 15 is 0 Å². The highest BCUT2D eigenvalue weighted by Crippen LogP contribution is 2.34. The highest BCUT2D eigenvalue weighted by molar-refractivity contribution is 7.92. The summed E-state index contributed by atoms with van der Waals surface area (Å²) in [7, 11) is -2.56. The van der Waals surface area contributed by atoms with Crippen molar-refractivity contribution >= 4 is 21.4 Å². The zero-order chi connectivity index (χ0) is 19.2. The molecule has 1 aromatic carbocycles. The molecular formula is C16H19FN6O3S. The first-order chi connectivity index (χ1) is 12.8. The van der Waals surface area contributed by atoms with E-state index in [9.17, 15) is 13.8 Å². The molecule has 9 nitrogen and oxygen atoms in total. The van der Waals surface area contributed by atoms with Crippen LogP contribution in [0.15, 0.2) is 28.0 Å². The van der Waals surface area contributed by atoms with Crippen molar-refractivity contribution in [2.24, 2.45) is 5.16 Å². The number of hydrogen-bond donors (Lipinski definition) is 4. The standard InChI is InChI=1S/C16H19FN6O3S/c1-27(18,25)11-6-10(7-11)19-16-14(22-26-23-16)15(21-24)20-13-4-8-2-3-9(17)5-12(8)13/h2-3,5,10-11,13,18,24H,4,6-7H2,1H3,(H,19,23)(H,20,21)/t10-,11-,13-,27?/m1/s1. The van der Waals surface area contributed by atoms with E-state index in [1.54, 1.807) is 6.07 Å². The summed E-state index contributed by atoms with van der Waals surface area (Å²) in [4.78, 5) is 0. The largest absolute Gasteiger partial charge is 0.409 e. The lowest BCUT2D eigenvalue weighted by molar-refractivity contribution is 0.302. The molecule has 0 bridgehead atoms. The third kappa shape index (κ3) is 3.34. The highest BCUT2D eigenvalue weighted by atomic mass is 32.2. The Morgan fingerprint density at radius 3 is 2.93 bits per heavy atom. The zero-order valence-corrected chi connectivity index (χ0v) is 15.3. The lowest BCUT2D eigenvalue weighted by Gasteiger charge is -2.35. The van der Waals surface area contributed by atoms with Crippen LogP contribution in [0.3, 0.4) is 0 Å². The van der Waals surface area contributed by atoms with Gasteiger partial charge in [0.1, 0.15) is 5.82 Å². The molecule has 27 heavy (non-hydrogen) atoms. The molecule has 4 rings (SSSR count). The van der Waals surface area contributed by atoms with Crippen molar-refractivity contribution in [2.45, 2.75) is 36.6 Å². The Balaban J connectivity index is 1.44. The van der Waals surface area contributed by atoms with Crippen LogP contribution in [-0.4, -0.2) is 43.1 Å². The molecule has 0 radical (unpaired) electrons. The van der Waals surface area contributed by atoms with Gasteiger partial charge in [-0.2, -0.15) is 0 Å². The van der Waals surface area contributed by atoms with Gasteiger partial charge in [-0.05, 0) is 52.8 Å². The average Bonchev–Trinajstić information content (AvgIpc) is 3.00. The van der Waals surface area contributed by atoms with Crippen molar-refractivity contribution in [3.05, 3.63) is 40.8 Å². The summed E-state index contributed by atoms with van der Waals surface area (Å²) in [6.45, 7) is 0. The minimum absolute atomic E-state index is 0.00903. The average molecular weight is 394 g/mol. The fourth-order valence-electron chi connectivity index (χ4n) is 3.40. The third-order valence-corrected chi connectivity index (χ3v) is 6.76. The Morgan fingerprint density at radius 2 is 2.22 bits per heavy atom. The summed E-state index contributed by atoms with van der Waals surface area (Å²) in [6, 6.07) is 4.38. The second-order valence-electron chi connectivity index (χ2n) is 6.99. The Hall–Kier alpha value is -2.69. The minimum Gasteiger partial charge on any atom is -0.409 e. The van der Waals surface area contributed by atoms with Crippen molar-refractivity contribution in [2.75, 3.05) is 11.6 Å². The summed E-state index contributed by atoms with van der Waals surface area (Å²) in [6.07, 6.45) is 3.27. The Morgan fingerprint density at radius 1 is 1.44 bits per heavy atom. The highest BCUT2D eigenvalue weighted by Gasteiger charge is 2.36. The molecule has 0 spiro atoms. The molecule has 0 saturated heterocycles. The van der Waals surface area contributed by atoms with E-state index in [0.717, 1.165) is 11.1 Å². The number of benzene rings is 1. The summed E-state index contributed by atoms with van der Waals surface area (Å²) in [5.74, 6) is 0.0362. The van der Waals surface area contributed by atoms with Crippen molar-refractivity contribution in [1.29, 1.82) is 4.78 Å². The van der Waals surface area contributed by atoms with Gasteiger partial charge >= 0.3 is 0 Å². The first-order valence-corrected chi connectivity index (χ1v) is 10.5. The summed E-state index contributed by atoms with van der Waals surface area (Å²) < 4.78 is 37.5. The Labute approximate surface area is 155 Å². The molecule has 4 N–H and O–H groups in total. The number of rotatable bonds is 5. The van der Waals surface area contributed by atoms with Gasteiger partial charge < -0.3 is 15.8 Å². The van der Waals surface area contributed by atoms with Gasteiger partial charge in [0, 0.05) is 27.3 Å². The number of aromatic nitrogens is 2. The monoisotopic (exact) mass is 394 g/mol. The third-order valence-electron chi connectivity index (χ3n) is 5.10. The van der Waals surface area contributed by atoms with Gasteiger partial charge in [-0.1, -0.05) is 11.2 Å². The van der Waals surface area contributed by atoms with Crippen molar-refractivity contribution < 1.29 is 18.4 Å². The lowest BCUT2D eigenvalue weighted by Crippen LogP contribution is -2.43. The molecule has 2 atom stereocenters. The number of oxime groups is 1. The molecule has 144 valence electrons. The van der Waals surface area contributed by atoms with Crippen LogP contribution in [-0.2, 0) is 16.1 Å². The van der Waals surface area contributed by atoms with E-state index in [4.69, 9.17) is 9.41 Å². The molecule has 1 heterocycles. The minimum atomic E-state index is -2.56. The second-order valence-corrected chi connectivity index (χ2v) is 9.47. The maximum absolute atomic E-state index is 13.4. The maximum atomic E-state index is 13.4. The predicted molar refractivity (Wildman–Crippen MR) is 95.8 cm³/mol. The molecular weight excluding hydrogens is 375 g/mol. The molecule has 1 fully saturated rings. The van der Waals surface area contributed by atoms with E-state index < -0.39 is 9.73 Å². The number of hydrogen-bond acceptors (Lipinski definition) is 8. The molecule has 1 saturated carbocycles. The Kier molecular flexibility index (Phi) is 4.25. The second kappa shape index (κ2) is 6.48. The van der Waals surface area contributed by atoms with Gasteiger partial charge in [0.15, 0.2) is 11.5 Å². The summed E-state index contributed by atoms with van der Waals surface area (Å²) >= 11 is 0. The van der Waals surface area contributed by atoms with Crippen LogP contribution in [0.25, 0.3) is 0 Å². The van der Waals surface area contributed by atoms with Gasteiger partial charge in [0.2, 0.25) is 5.82 Å². The van der Waals surface area contributed by atoms with Crippen LogP contribution >= 0.6 is 0 Å². The van der Waals surface area contributed by atoms with Crippen molar-refractivity contribution in [1.82, 2.24) is 15.6 Å². The molecule has 11 heteroatoms. The van der Waals surface area contributed by atoms with E-state index in [2.05, 4.69) is 26.1 Å². The topological polar surface area (TPSA) is 136 Å². The molecule has 0 aliphatic heterocycles. The fraction of sp³-hybridized carbons (Fsp3) is 0.438. The lowest BCUT2D eigenvalue weighted by atomic mass is 9.83. The van der Waals surface area contributed by atoms with Crippen molar-refractivity contribution in [3.8, 4) is 0 Å². The molecule has 2 aromatic rings. The van der Waals surface area contributed by atoms with Crippen LogP contribution < -0.4 is 10.6 Å². The summed E-state index contributed by atoms with van der Waals surface area (Å²) in [5.41, 5.74) is 2.04. The molecule has 0 amide bonds. The summed E-state index contributed by atoms with van der Waals surface area (Å²) in [5, 5.41) is 26.2. The first kappa shape index (κ1) is 17.7.